The normalized spacial score (nSPS) is 12.9. The van der Waals surface area contributed by atoms with Crippen LogP contribution < -0.4 is 11.1 Å². The fraction of sp³-hybridized carbons (Fsp3) is 0.462. The minimum Gasteiger partial charge on any atom is -0.327 e. The second-order valence-electron chi connectivity index (χ2n) is 5.74. The van der Waals surface area contributed by atoms with Crippen molar-refractivity contribution in [1.82, 2.24) is 0 Å². The number of carbonyl (C=O) groups excluding carboxylic acids is 1. The minimum atomic E-state index is -1.47. The molecular weight excluding hydrogens is 284 g/mol. The first kappa shape index (κ1) is 17.0. The number of hydrogen-bond donors (Lipinski definition) is 2. The third-order valence-corrected chi connectivity index (χ3v) is 3.05. The molecule has 0 aromatic heterocycles. The number of amides is 1. The molecule has 3 N–H and O–H groups in total. The molecule has 6 nitrogen and oxygen atoms in total. The second-order valence-corrected chi connectivity index (χ2v) is 5.74. The van der Waals surface area contributed by atoms with Gasteiger partial charge in [-0.05, 0) is 11.5 Å². The molecule has 21 heavy (non-hydrogen) atoms. The maximum Gasteiger partial charge on any atom is 0.296 e. The third kappa shape index (κ3) is 4.19. The maximum absolute atomic E-state index is 13.6. The number of hydrogen-bond acceptors (Lipinski definition) is 4. The number of anilines is 1. The average Bonchev–Trinajstić information content (AvgIpc) is 2.33. The highest BCUT2D eigenvalue weighted by molar-refractivity contribution is 5.93. The molecule has 0 bridgehead atoms. The van der Waals surface area contributed by atoms with Crippen LogP contribution in [0.4, 0.5) is 20.2 Å². The van der Waals surface area contributed by atoms with Gasteiger partial charge in [0.15, 0.2) is 17.3 Å². The first-order chi connectivity index (χ1) is 9.54. The zero-order valence-corrected chi connectivity index (χ0v) is 11.9. The lowest BCUT2D eigenvalue weighted by molar-refractivity contribution is -0.384. The van der Waals surface area contributed by atoms with Gasteiger partial charge in [0.2, 0.25) is 5.91 Å². The van der Waals surface area contributed by atoms with Crippen LogP contribution in [0, 0.1) is 27.2 Å². The van der Waals surface area contributed by atoms with E-state index in [-0.39, 0.29) is 11.8 Å². The summed E-state index contributed by atoms with van der Waals surface area (Å²) < 4.78 is 26.8. The highest BCUT2D eigenvalue weighted by atomic mass is 19.2. The predicted octanol–water partition coefficient (Wildman–Crippen LogP) is 2.58. The summed E-state index contributed by atoms with van der Waals surface area (Å²) in [5.74, 6) is -3.47. The van der Waals surface area contributed by atoms with Gasteiger partial charge in [0.25, 0.3) is 5.69 Å². The summed E-state index contributed by atoms with van der Waals surface area (Å²) in [4.78, 5) is 21.7. The summed E-state index contributed by atoms with van der Waals surface area (Å²) in [6, 6.07) is 0.884. The van der Waals surface area contributed by atoms with E-state index in [1.54, 1.807) is 0 Å². The van der Waals surface area contributed by atoms with Crippen LogP contribution in [-0.4, -0.2) is 16.9 Å². The van der Waals surface area contributed by atoms with Crippen LogP contribution in [0.25, 0.3) is 0 Å². The molecule has 8 heteroatoms. The lowest BCUT2D eigenvalue weighted by atomic mass is 9.85. The van der Waals surface area contributed by atoms with Crippen LogP contribution in [0.5, 0.6) is 0 Å². The first-order valence-corrected chi connectivity index (χ1v) is 6.22. The fourth-order valence-electron chi connectivity index (χ4n) is 1.51. The largest absolute Gasteiger partial charge is 0.327 e. The van der Waals surface area contributed by atoms with Gasteiger partial charge in [-0.25, -0.2) is 8.78 Å². The Morgan fingerprint density at radius 2 is 2.00 bits per heavy atom. The van der Waals surface area contributed by atoms with Gasteiger partial charge in [-0.2, -0.15) is 0 Å². The lowest BCUT2D eigenvalue weighted by Gasteiger charge is -2.26. The molecule has 1 aromatic carbocycles. The number of nitro groups is 1. The first-order valence-electron chi connectivity index (χ1n) is 6.22. The predicted molar refractivity (Wildman–Crippen MR) is 73.7 cm³/mol. The van der Waals surface area contributed by atoms with E-state index in [2.05, 4.69) is 0 Å². The van der Waals surface area contributed by atoms with E-state index in [0.717, 1.165) is 6.07 Å². The molecule has 0 aliphatic rings. The SMILES string of the molecule is CC(C)(C)C(N)CC(=O)Nc1c([N+](=O)[O-])ccc(F)c1F. The zero-order chi connectivity index (χ0) is 16.4. The van der Waals surface area contributed by atoms with E-state index in [1.807, 2.05) is 26.1 Å². The van der Waals surface area contributed by atoms with Crippen molar-refractivity contribution in [3.05, 3.63) is 33.9 Å². The molecule has 0 spiro atoms. The molecule has 1 aromatic rings. The Morgan fingerprint density at radius 1 is 1.43 bits per heavy atom. The van der Waals surface area contributed by atoms with Gasteiger partial charge in [-0.1, -0.05) is 20.8 Å². The number of nitrogens with one attached hydrogen (secondary N) is 1. The van der Waals surface area contributed by atoms with E-state index in [9.17, 15) is 23.7 Å². The molecule has 0 aliphatic heterocycles. The Labute approximate surface area is 120 Å². The fourth-order valence-corrected chi connectivity index (χ4v) is 1.51. The number of rotatable bonds is 4. The minimum absolute atomic E-state index is 0.170. The number of nitrogens with two attached hydrogens (primary N) is 1. The summed E-state index contributed by atoms with van der Waals surface area (Å²) >= 11 is 0. The molecule has 1 atom stereocenters. The number of nitrogens with zero attached hydrogens (tertiary/aromatic N) is 1. The molecule has 1 rings (SSSR count). The molecule has 0 saturated heterocycles. The van der Waals surface area contributed by atoms with Gasteiger partial charge in [-0.15, -0.1) is 0 Å². The van der Waals surface area contributed by atoms with E-state index in [4.69, 9.17) is 5.73 Å². The Bertz CT molecular complexity index is 571. The standard InChI is InChI=1S/C13H17F2N3O3/c1-13(2,3)9(16)6-10(19)17-12-8(18(20)21)5-4-7(14)11(12)15/h4-5,9H,6,16H2,1-3H3,(H,17,19). The number of halogens is 2. The summed E-state index contributed by atoms with van der Waals surface area (Å²) in [6.45, 7) is 5.45. The number of nitro benzene ring substituents is 1. The van der Waals surface area contributed by atoms with Crippen molar-refractivity contribution in [3.8, 4) is 0 Å². The lowest BCUT2D eigenvalue weighted by Crippen LogP contribution is -2.38. The van der Waals surface area contributed by atoms with Crippen LogP contribution >= 0.6 is 0 Å². The van der Waals surface area contributed by atoms with E-state index in [0.29, 0.717) is 6.07 Å². The third-order valence-electron chi connectivity index (χ3n) is 3.05. The summed E-state index contributed by atoms with van der Waals surface area (Å²) in [5, 5.41) is 12.8. The van der Waals surface area contributed by atoms with Gasteiger partial charge in [0.1, 0.15) is 0 Å². The van der Waals surface area contributed by atoms with Gasteiger partial charge in [-0.3, -0.25) is 14.9 Å². The molecule has 0 radical (unpaired) electrons. The van der Waals surface area contributed by atoms with Crippen molar-refractivity contribution in [2.24, 2.45) is 11.1 Å². The number of carbonyl (C=O) groups is 1. The summed E-state index contributed by atoms with van der Waals surface area (Å²) in [7, 11) is 0. The second kappa shape index (κ2) is 6.13. The Morgan fingerprint density at radius 3 is 2.48 bits per heavy atom. The monoisotopic (exact) mass is 301 g/mol. The highest BCUT2D eigenvalue weighted by Gasteiger charge is 2.27. The summed E-state index contributed by atoms with van der Waals surface area (Å²) in [6.07, 6.45) is -0.170. The van der Waals surface area contributed by atoms with Gasteiger partial charge >= 0.3 is 0 Å². The Kier molecular flexibility index (Phi) is 4.95. The van der Waals surface area contributed by atoms with Crippen LogP contribution in [0.1, 0.15) is 27.2 Å². The van der Waals surface area contributed by atoms with Gasteiger partial charge in [0.05, 0.1) is 4.92 Å². The average molecular weight is 301 g/mol. The quantitative estimate of drug-likeness (QED) is 0.659. The molecular formula is C13H17F2N3O3. The van der Waals surface area contributed by atoms with Crippen molar-refractivity contribution in [2.45, 2.75) is 33.2 Å². The van der Waals surface area contributed by atoms with Crippen LogP contribution in [-0.2, 0) is 4.79 Å². The molecule has 0 fully saturated rings. The van der Waals surface area contributed by atoms with Gasteiger partial charge in [0, 0.05) is 18.5 Å². The van der Waals surface area contributed by atoms with Crippen LogP contribution in [0.3, 0.4) is 0 Å². The number of benzene rings is 1. The van der Waals surface area contributed by atoms with Crippen molar-refractivity contribution in [2.75, 3.05) is 5.32 Å². The summed E-state index contributed by atoms with van der Waals surface area (Å²) in [5.41, 5.74) is 3.94. The van der Waals surface area contributed by atoms with Crippen LogP contribution in [0.15, 0.2) is 12.1 Å². The van der Waals surface area contributed by atoms with Crippen molar-refractivity contribution in [1.29, 1.82) is 0 Å². The molecule has 0 saturated carbocycles. The van der Waals surface area contributed by atoms with Gasteiger partial charge < -0.3 is 11.1 Å². The van der Waals surface area contributed by atoms with E-state index >= 15 is 0 Å². The Balaban J connectivity index is 3.00. The Hall–Kier alpha value is -2.09. The van der Waals surface area contributed by atoms with E-state index in [1.165, 1.54) is 0 Å². The van der Waals surface area contributed by atoms with Crippen molar-refractivity contribution >= 4 is 17.3 Å². The topological polar surface area (TPSA) is 98.3 Å². The highest BCUT2D eigenvalue weighted by Crippen LogP contribution is 2.29. The smallest absolute Gasteiger partial charge is 0.296 e. The molecule has 0 heterocycles. The molecule has 0 aliphatic carbocycles. The van der Waals surface area contributed by atoms with Crippen molar-refractivity contribution in [3.63, 3.8) is 0 Å². The van der Waals surface area contributed by atoms with Crippen molar-refractivity contribution < 1.29 is 18.5 Å². The maximum atomic E-state index is 13.6. The van der Waals surface area contributed by atoms with E-state index < -0.39 is 39.9 Å². The molecule has 1 unspecified atom stereocenters. The molecule has 1 amide bonds. The molecule has 116 valence electrons. The zero-order valence-electron chi connectivity index (χ0n) is 11.9. The van der Waals surface area contributed by atoms with Crippen LogP contribution in [0.2, 0.25) is 0 Å².